The first kappa shape index (κ1) is 22.9. The second-order valence-corrected chi connectivity index (χ2v) is 14.3. The molecule has 2 aromatic rings. The molecular weight excluding hydrogens is 458 g/mol. The fourth-order valence-electron chi connectivity index (χ4n) is 3.70. The zero-order valence-electron chi connectivity index (χ0n) is 18.1. The highest BCUT2D eigenvalue weighted by Gasteiger charge is 2.39. The quantitative estimate of drug-likeness (QED) is 0.600. The SMILES string of the molecule is CC(C)(C)S(=O)NC(c1cnc(OC2CC(S(C)(=O)=O)C2)c2cnc(Cl)cc12)C1CC1. The predicted molar refractivity (Wildman–Crippen MR) is 123 cm³/mol. The van der Waals surface area contributed by atoms with Crippen molar-refractivity contribution in [3.8, 4) is 5.88 Å². The summed E-state index contributed by atoms with van der Waals surface area (Å²) in [5.74, 6) is 0.809. The Morgan fingerprint density at radius 2 is 1.87 bits per heavy atom. The Morgan fingerprint density at radius 3 is 2.45 bits per heavy atom. The molecule has 0 amide bonds. The van der Waals surface area contributed by atoms with E-state index >= 15 is 0 Å². The topological polar surface area (TPSA) is 98.2 Å². The van der Waals surface area contributed by atoms with Gasteiger partial charge in [0.05, 0.1) is 26.4 Å². The van der Waals surface area contributed by atoms with Crippen LogP contribution < -0.4 is 9.46 Å². The molecule has 1 N–H and O–H groups in total. The number of nitrogens with zero attached hydrogens (tertiary/aromatic N) is 2. The number of hydrogen-bond donors (Lipinski definition) is 1. The molecule has 170 valence electrons. The molecule has 31 heavy (non-hydrogen) atoms. The van der Waals surface area contributed by atoms with Crippen LogP contribution in [0.2, 0.25) is 5.15 Å². The smallest absolute Gasteiger partial charge is 0.223 e. The van der Waals surface area contributed by atoms with Crippen LogP contribution in [0, 0.1) is 5.92 Å². The van der Waals surface area contributed by atoms with Crippen molar-refractivity contribution in [2.24, 2.45) is 5.92 Å². The first-order valence-electron chi connectivity index (χ1n) is 10.4. The van der Waals surface area contributed by atoms with Crippen LogP contribution in [-0.4, -0.2) is 45.0 Å². The lowest BCUT2D eigenvalue weighted by Gasteiger charge is -2.34. The third kappa shape index (κ3) is 5.05. The standard InChI is InChI=1S/C21H28ClN3O4S2/c1-21(2,3)30(26)25-19(12-5-6-12)16-10-24-20(17-11-23-18(22)9-15(16)17)29-13-7-14(8-13)31(4,27)28/h9-14,19,25H,5-8H2,1-4H3. The van der Waals surface area contributed by atoms with Crippen molar-refractivity contribution >= 4 is 43.2 Å². The maximum absolute atomic E-state index is 12.8. The summed E-state index contributed by atoms with van der Waals surface area (Å²) in [6, 6.07) is 1.68. The molecule has 0 spiro atoms. The van der Waals surface area contributed by atoms with Crippen LogP contribution in [0.1, 0.15) is 58.1 Å². The lowest BCUT2D eigenvalue weighted by atomic mass is 9.95. The predicted octanol–water partition coefficient (Wildman–Crippen LogP) is 3.74. The molecule has 2 fully saturated rings. The summed E-state index contributed by atoms with van der Waals surface area (Å²) in [5, 5.41) is 1.59. The van der Waals surface area contributed by atoms with Crippen molar-refractivity contribution in [3.63, 3.8) is 0 Å². The number of aromatic nitrogens is 2. The van der Waals surface area contributed by atoms with Gasteiger partial charge in [-0.25, -0.2) is 27.3 Å². The number of rotatable bonds is 7. The monoisotopic (exact) mass is 485 g/mol. The van der Waals surface area contributed by atoms with Gasteiger partial charge in [-0.2, -0.15) is 0 Å². The molecule has 2 aromatic heterocycles. The largest absolute Gasteiger partial charge is 0.474 e. The molecule has 2 saturated carbocycles. The number of sulfone groups is 1. The third-order valence-electron chi connectivity index (χ3n) is 5.89. The fourth-order valence-corrected chi connectivity index (χ4v) is 5.89. The summed E-state index contributed by atoms with van der Waals surface area (Å²) >= 11 is 6.22. The molecule has 0 saturated heterocycles. The van der Waals surface area contributed by atoms with Gasteiger partial charge in [0, 0.05) is 37.5 Å². The summed E-state index contributed by atoms with van der Waals surface area (Å²) in [6.07, 6.45) is 7.51. The number of pyridine rings is 2. The lowest BCUT2D eigenvalue weighted by Crippen LogP contribution is -2.42. The molecule has 0 bridgehead atoms. The van der Waals surface area contributed by atoms with Crippen LogP contribution >= 0.6 is 11.6 Å². The molecule has 4 rings (SSSR count). The Labute approximate surface area is 190 Å². The first-order valence-corrected chi connectivity index (χ1v) is 13.9. The Bertz CT molecular complexity index is 1120. The number of nitrogens with one attached hydrogen (secondary N) is 1. The highest BCUT2D eigenvalue weighted by Crippen LogP contribution is 2.44. The Kier molecular flexibility index (Phi) is 6.09. The number of ether oxygens (including phenoxy) is 1. The van der Waals surface area contributed by atoms with E-state index in [1.807, 2.05) is 20.8 Å². The average Bonchev–Trinajstić information content (AvgIpc) is 3.45. The molecule has 2 aliphatic rings. The van der Waals surface area contributed by atoms with Gasteiger partial charge < -0.3 is 4.74 Å². The highest BCUT2D eigenvalue weighted by atomic mass is 35.5. The van der Waals surface area contributed by atoms with Crippen molar-refractivity contribution in [2.45, 2.75) is 68.6 Å². The van der Waals surface area contributed by atoms with Gasteiger partial charge in [-0.3, -0.25) is 0 Å². The van der Waals surface area contributed by atoms with Crippen molar-refractivity contribution < 1.29 is 17.4 Å². The van der Waals surface area contributed by atoms with Gasteiger partial charge in [-0.05, 0) is 56.5 Å². The van der Waals surface area contributed by atoms with Crippen LogP contribution in [0.25, 0.3) is 10.8 Å². The van der Waals surface area contributed by atoms with Crippen molar-refractivity contribution in [1.82, 2.24) is 14.7 Å². The molecule has 2 atom stereocenters. The van der Waals surface area contributed by atoms with E-state index in [2.05, 4.69) is 14.7 Å². The fraction of sp³-hybridized carbons (Fsp3) is 0.619. The maximum atomic E-state index is 12.8. The lowest BCUT2D eigenvalue weighted by molar-refractivity contribution is 0.119. The number of hydrogen-bond acceptors (Lipinski definition) is 6. The highest BCUT2D eigenvalue weighted by molar-refractivity contribution is 7.91. The summed E-state index contributed by atoms with van der Waals surface area (Å²) in [5.41, 5.74) is 0.925. The molecule has 0 radical (unpaired) electrons. The minimum atomic E-state index is -3.05. The Hall–Kier alpha value is -1.29. The minimum absolute atomic E-state index is 0.110. The van der Waals surface area contributed by atoms with Crippen molar-refractivity contribution in [3.05, 3.63) is 29.2 Å². The zero-order valence-corrected chi connectivity index (χ0v) is 20.5. The molecule has 2 aliphatic carbocycles. The van der Waals surface area contributed by atoms with E-state index < -0.39 is 20.8 Å². The molecule has 2 unspecified atom stereocenters. The van der Waals surface area contributed by atoms with Gasteiger partial charge in [-0.15, -0.1) is 0 Å². The van der Waals surface area contributed by atoms with Crippen molar-refractivity contribution in [1.29, 1.82) is 0 Å². The van der Waals surface area contributed by atoms with E-state index in [0.717, 1.165) is 29.2 Å². The Balaban J connectivity index is 1.65. The molecule has 7 nitrogen and oxygen atoms in total. The minimum Gasteiger partial charge on any atom is -0.474 e. The van der Waals surface area contributed by atoms with Crippen LogP contribution in [0.3, 0.4) is 0 Å². The zero-order chi connectivity index (χ0) is 22.6. The van der Waals surface area contributed by atoms with E-state index in [1.54, 1.807) is 18.5 Å². The normalized spacial score (nSPS) is 23.9. The van der Waals surface area contributed by atoms with E-state index in [1.165, 1.54) is 6.26 Å². The van der Waals surface area contributed by atoms with E-state index in [4.69, 9.17) is 16.3 Å². The number of halogens is 1. The molecule has 0 aromatic carbocycles. The van der Waals surface area contributed by atoms with Crippen LogP contribution in [0.4, 0.5) is 0 Å². The van der Waals surface area contributed by atoms with E-state index in [9.17, 15) is 12.6 Å². The van der Waals surface area contributed by atoms with Crippen molar-refractivity contribution in [2.75, 3.05) is 6.26 Å². The molecular formula is C21H28ClN3O4S2. The second-order valence-electron chi connectivity index (χ2n) is 9.55. The maximum Gasteiger partial charge on any atom is 0.223 e. The van der Waals surface area contributed by atoms with Gasteiger partial charge in [0.2, 0.25) is 5.88 Å². The summed E-state index contributed by atoms with van der Waals surface area (Å²) in [6.45, 7) is 5.82. The van der Waals surface area contributed by atoms with Gasteiger partial charge in [0.25, 0.3) is 0 Å². The molecule has 0 aliphatic heterocycles. The summed E-state index contributed by atoms with van der Waals surface area (Å²) in [7, 11) is -4.28. The van der Waals surface area contributed by atoms with E-state index in [0.29, 0.717) is 29.8 Å². The first-order chi connectivity index (χ1) is 14.4. The second kappa shape index (κ2) is 8.24. The van der Waals surface area contributed by atoms with Gasteiger partial charge in [0.15, 0.2) is 9.84 Å². The van der Waals surface area contributed by atoms with Gasteiger partial charge in [0.1, 0.15) is 11.3 Å². The average molecular weight is 486 g/mol. The number of fused-ring (bicyclic) bond motifs is 1. The van der Waals surface area contributed by atoms with Crippen LogP contribution in [-0.2, 0) is 20.8 Å². The summed E-state index contributed by atoms with van der Waals surface area (Å²) < 4.78 is 45.1. The molecule has 10 heteroatoms. The van der Waals surface area contributed by atoms with E-state index in [-0.39, 0.29) is 22.1 Å². The van der Waals surface area contributed by atoms with Gasteiger partial charge in [-0.1, -0.05) is 11.6 Å². The van der Waals surface area contributed by atoms with Crippen LogP contribution in [0.5, 0.6) is 5.88 Å². The Morgan fingerprint density at radius 1 is 1.19 bits per heavy atom. The van der Waals surface area contributed by atoms with Crippen LogP contribution in [0.15, 0.2) is 18.5 Å². The third-order valence-corrected chi connectivity index (χ3v) is 9.27. The van der Waals surface area contributed by atoms with Gasteiger partial charge >= 0.3 is 0 Å². The summed E-state index contributed by atoms with van der Waals surface area (Å²) in [4.78, 5) is 8.76. The molecule has 2 heterocycles.